The molecular weight excluding hydrogens is 116 g/mol. The van der Waals surface area contributed by atoms with Gasteiger partial charge in [-0.1, -0.05) is 0 Å². The lowest BCUT2D eigenvalue weighted by Gasteiger charge is -2.12. The molecule has 0 saturated carbocycles. The molecule has 1 fully saturated rings. The molecule has 0 aromatic heterocycles. The van der Waals surface area contributed by atoms with Gasteiger partial charge in [0, 0.05) is 13.5 Å². The van der Waals surface area contributed by atoms with E-state index in [0.717, 1.165) is 13.0 Å². The Balaban J connectivity index is 2.41. The van der Waals surface area contributed by atoms with Gasteiger partial charge in [0.15, 0.2) is 0 Å². The number of carbonyl (C=O) groups is 1. The predicted molar refractivity (Wildman–Crippen MR) is 34.9 cm³/mol. The van der Waals surface area contributed by atoms with Gasteiger partial charge in [-0.15, -0.1) is 0 Å². The minimum Gasteiger partial charge on any atom is -0.333 e. The number of amides is 1. The van der Waals surface area contributed by atoms with Crippen LogP contribution in [0.15, 0.2) is 0 Å². The molecule has 0 bridgehead atoms. The van der Waals surface area contributed by atoms with Crippen molar-refractivity contribution in [3.63, 3.8) is 0 Å². The van der Waals surface area contributed by atoms with E-state index in [1.807, 2.05) is 7.05 Å². The van der Waals surface area contributed by atoms with Crippen LogP contribution in [-0.4, -0.2) is 31.1 Å². The minimum atomic E-state index is 0.250. The zero-order valence-corrected chi connectivity index (χ0v) is 5.68. The molecule has 0 radical (unpaired) electrons. The molecule has 1 rings (SSSR count). The van der Waals surface area contributed by atoms with Crippen molar-refractivity contribution in [1.29, 1.82) is 0 Å². The van der Waals surface area contributed by atoms with E-state index >= 15 is 0 Å². The molecule has 1 amide bonds. The second-order valence-corrected chi connectivity index (χ2v) is 2.35. The van der Waals surface area contributed by atoms with E-state index < -0.39 is 0 Å². The topological polar surface area (TPSA) is 32.3 Å². The minimum absolute atomic E-state index is 0.250. The number of hydrogen-bond donors (Lipinski definition) is 1. The summed E-state index contributed by atoms with van der Waals surface area (Å²) in [6.07, 6.45) is 1.67. The number of rotatable bonds is 0. The van der Waals surface area contributed by atoms with Gasteiger partial charge in [0.2, 0.25) is 5.91 Å². The number of carbonyl (C=O) groups excluding carboxylic acids is 1. The summed E-state index contributed by atoms with van der Waals surface area (Å²) >= 11 is 0. The van der Waals surface area contributed by atoms with E-state index in [1.54, 1.807) is 4.90 Å². The van der Waals surface area contributed by atoms with Crippen LogP contribution < -0.4 is 5.32 Å². The molecule has 52 valence electrons. The Labute approximate surface area is 55.0 Å². The Kier molecular flexibility index (Phi) is 2.05. The summed E-state index contributed by atoms with van der Waals surface area (Å²) in [6.45, 7) is 1.68. The van der Waals surface area contributed by atoms with Crippen LogP contribution in [0.25, 0.3) is 0 Å². The molecule has 0 atom stereocenters. The van der Waals surface area contributed by atoms with Crippen molar-refractivity contribution in [3.8, 4) is 0 Å². The third kappa shape index (κ3) is 1.68. The maximum atomic E-state index is 10.9. The molecule has 0 aromatic carbocycles. The van der Waals surface area contributed by atoms with Crippen LogP contribution in [0.1, 0.15) is 12.8 Å². The van der Waals surface area contributed by atoms with Crippen LogP contribution in [0.3, 0.4) is 0 Å². The van der Waals surface area contributed by atoms with E-state index in [9.17, 15) is 4.79 Å². The van der Waals surface area contributed by atoms with Gasteiger partial charge in [0.25, 0.3) is 0 Å². The summed E-state index contributed by atoms with van der Waals surface area (Å²) in [4.78, 5) is 12.6. The number of nitrogens with one attached hydrogen (secondary N) is 1. The summed E-state index contributed by atoms with van der Waals surface area (Å²) in [5, 5.41) is 3.13. The van der Waals surface area contributed by atoms with Gasteiger partial charge in [0.05, 0.1) is 6.67 Å². The number of hydrogen-bond acceptors (Lipinski definition) is 2. The van der Waals surface area contributed by atoms with Crippen LogP contribution in [0.4, 0.5) is 0 Å². The molecule has 3 nitrogen and oxygen atoms in total. The van der Waals surface area contributed by atoms with Gasteiger partial charge in [-0.05, 0) is 13.0 Å². The molecule has 1 N–H and O–H groups in total. The monoisotopic (exact) mass is 128 g/mol. The molecule has 0 unspecified atom stereocenters. The molecular formula is C6H12N2O. The Morgan fingerprint density at radius 2 is 2.44 bits per heavy atom. The second kappa shape index (κ2) is 2.82. The van der Waals surface area contributed by atoms with E-state index in [1.165, 1.54) is 0 Å². The Morgan fingerprint density at radius 3 is 3.22 bits per heavy atom. The predicted octanol–water partition coefficient (Wildman–Crippen LogP) is -0.214. The Bertz CT molecular complexity index is 114. The second-order valence-electron chi connectivity index (χ2n) is 2.35. The molecule has 1 saturated heterocycles. The van der Waals surface area contributed by atoms with Crippen molar-refractivity contribution in [2.75, 3.05) is 20.3 Å². The van der Waals surface area contributed by atoms with Gasteiger partial charge >= 0.3 is 0 Å². The first kappa shape index (κ1) is 6.55. The van der Waals surface area contributed by atoms with Crippen molar-refractivity contribution in [2.45, 2.75) is 12.8 Å². The van der Waals surface area contributed by atoms with E-state index in [0.29, 0.717) is 13.1 Å². The highest BCUT2D eigenvalue weighted by Gasteiger charge is 2.10. The van der Waals surface area contributed by atoms with Crippen molar-refractivity contribution in [3.05, 3.63) is 0 Å². The average Bonchev–Trinajstić information content (AvgIpc) is 1.99. The molecule has 0 aromatic rings. The fourth-order valence-corrected chi connectivity index (χ4v) is 0.890. The zero-order chi connectivity index (χ0) is 6.69. The van der Waals surface area contributed by atoms with Gasteiger partial charge in [0.1, 0.15) is 0 Å². The smallest absolute Gasteiger partial charge is 0.223 e. The first-order valence-electron chi connectivity index (χ1n) is 3.25. The third-order valence-corrected chi connectivity index (χ3v) is 1.52. The van der Waals surface area contributed by atoms with Crippen LogP contribution >= 0.6 is 0 Å². The van der Waals surface area contributed by atoms with Crippen molar-refractivity contribution < 1.29 is 4.79 Å². The lowest BCUT2D eigenvalue weighted by molar-refractivity contribution is -0.129. The first-order chi connectivity index (χ1) is 4.30. The summed E-state index contributed by atoms with van der Waals surface area (Å²) in [7, 11) is 1.82. The summed E-state index contributed by atoms with van der Waals surface area (Å²) in [6, 6.07) is 0. The average molecular weight is 128 g/mol. The molecule has 0 spiro atoms. The van der Waals surface area contributed by atoms with Crippen LogP contribution in [0.5, 0.6) is 0 Å². The summed E-state index contributed by atoms with van der Waals surface area (Å²) < 4.78 is 0. The van der Waals surface area contributed by atoms with Gasteiger partial charge < -0.3 is 4.90 Å². The van der Waals surface area contributed by atoms with E-state index in [2.05, 4.69) is 5.32 Å². The molecule has 3 heteroatoms. The highest BCUT2D eigenvalue weighted by atomic mass is 16.2. The van der Waals surface area contributed by atoms with Crippen molar-refractivity contribution in [1.82, 2.24) is 10.2 Å². The van der Waals surface area contributed by atoms with E-state index in [4.69, 9.17) is 0 Å². The van der Waals surface area contributed by atoms with E-state index in [-0.39, 0.29) is 5.91 Å². The SMILES string of the molecule is CN1CNCCCC1=O. The fourth-order valence-electron chi connectivity index (χ4n) is 0.890. The van der Waals surface area contributed by atoms with Crippen LogP contribution in [0.2, 0.25) is 0 Å². The third-order valence-electron chi connectivity index (χ3n) is 1.52. The maximum absolute atomic E-state index is 10.9. The molecule has 1 aliphatic rings. The van der Waals surface area contributed by atoms with Crippen molar-refractivity contribution >= 4 is 5.91 Å². The molecule has 9 heavy (non-hydrogen) atoms. The largest absolute Gasteiger partial charge is 0.333 e. The molecule has 1 aliphatic heterocycles. The Hall–Kier alpha value is -0.570. The molecule has 0 aliphatic carbocycles. The van der Waals surface area contributed by atoms with Crippen LogP contribution in [0, 0.1) is 0 Å². The zero-order valence-electron chi connectivity index (χ0n) is 5.68. The fraction of sp³-hybridized carbons (Fsp3) is 0.833. The highest BCUT2D eigenvalue weighted by molar-refractivity contribution is 5.75. The highest BCUT2D eigenvalue weighted by Crippen LogP contribution is 1.96. The summed E-state index contributed by atoms with van der Waals surface area (Å²) in [5.74, 6) is 0.250. The summed E-state index contributed by atoms with van der Waals surface area (Å²) in [5.41, 5.74) is 0. The van der Waals surface area contributed by atoms with Gasteiger partial charge in [-0.3, -0.25) is 10.1 Å². The van der Waals surface area contributed by atoms with Gasteiger partial charge in [-0.2, -0.15) is 0 Å². The number of nitrogens with zero attached hydrogens (tertiary/aromatic N) is 1. The standard InChI is InChI=1S/C6H12N2O/c1-8-5-7-4-2-3-6(8)9/h7H,2-5H2,1H3. The van der Waals surface area contributed by atoms with Gasteiger partial charge in [-0.25, -0.2) is 0 Å². The first-order valence-corrected chi connectivity index (χ1v) is 3.25. The van der Waals surface area contributed by atoms with Crippen LogP contribution in [-0.2, 0) is 4.79 Å². The maximum Gasteiger partial charge on any atom is 0.223 e. The lowest BCUT2D eigenvalue weighted by atomic mass is 10.3. The molecule has 1 heterocycles. The normalized spacial score (nSPS) is 21.9. The quantitative estimate of drug-likeness (QED) is 0.489. The Morgan fingerprint density at radius 1 is 1.67 bits per heavy atom. The van der Waals surface area contributed by atoms with Crippen molar-refractivity contribution in [2.24, 2.45) is 0 Å². The lowest BCUT2D eigenvalue weighted by Crippen LogP contribution is -2.32.